The van der Waals surface area contributed by atoms with Crippen molar-refractivity contribution in [2.75, 3.05) is 13.2 Å². The highest BCUT2D eigenvalue weighted by Crippen LogP contribution is 2.65. The van der Waals surface area contributed by atoms with Crippen LogP contribution < -0.4 is 5.32 Å². The Labute approximate surface area is 335 Å². The van der Waals surface area contributed by atoms with Gasteiger partial charge in [-0.25, -0.2) is 9.59 Å². The first-order chi connectivity index (χ1) is 27.5. The number of benzene rings is 3. The molecule has 3 aromatic rings. The molecule has 306 valence electrons. The van der Waals surface area contributed by atoms with Crippen LogP contribution in [-0.2, 0) is 38.1 Å². The van der Waals surface area contributed by atoms with Gasteiger partial charge in [0, 0.05) is 24.3 Å². The first-order valence-electron chi connectivity index (χ1n) is 19.1. The first-order valence-corrected chi connectivity index (χ1v) is 19.1. The molecule has 3 heterocycles. The standard InChI is InChI=1S/C44H47NO13/c1-24(22-54-40(52)33(48)32(26-15-9-6-10-16-26)45-38(50)27-17-11-7-12-18-27)31-34-36(49)42(5)29(47)21-30-43(23-55-30,57-25(2)46)35(42)37(44(53,58-34)41(31,3)4)56-39(51)28-19-13-8-14-20-28/h6-20,29-30,32-35,37,47-48,53H,21-23H2,1-5H3,(H,45,50)/b31-24+/t29-,30+,32-,33+,34+,35-,37-,42+,43-,44+/m0/s1. The number of hydrogen-bond donors (Lipinski definition) is 4. The van der Waals surface area contributed by atoms with Crippen molar-refractivity contribution in [1.82, 2.24) is 5.32 Å². The highest BCUT2D eigenvalue weighted by atomic mass is 16.7. The van der Waals surface area contributed by atoms with Crippen molar-refractivity contribution in [3.05, 3.63) is 119 Å². The lowest BCUT2D eigenvalue weighted by Gasteiger charge is -2.63. The molecule has 14 nitrogen and oxygen atoms in total. The number of carbonyl (C=O) groups is 5. The van der Waals surface area contributed by atoms with Gasteiger partial charge in [0.25, 0.3) is 5.91 Å². The Morgan fingerprint density at radius 3 is 2.05 bits per heavy atom. The number of aliphatic hydroxyl groups is 3. The lowest BCUT2D eigenvalue weighted by molar-refractivity contribution is -0.356. The van der Waals surface area contributed by atoms with Crippen LogP contribution in [0, 0.1) is 16.7 Å². The van der Waals surface area contributed by atoms with E-state index in [-0.39, 0.29) is 29.7 Å². The van der Waals surface area contributed by atoms with Gasteiger partial charge in [0.2, 0.25) is 5.79 Å². The Morgan fingerprint density at radius 1 is 0.897 bits per heavy atom. The Balaban J connectivity index is 1.24. The summed E-state index contributed by atoms with van der Waals surface area (Å²) in [6.45, 7) is 6.71. The third-order valence-corrected chi connectivity index (χ3v) is 12.4. The van der Waals surface area contributed by atoms with Gasteiger partial charge >= 0.3 is 17.9 Å². The molecule has 4 fully saturated rings. The van der Waals surface area contributed by atoms with E-state index >= 15 is 4.79 Å². The number of ether oxygens (including phenoxy) is 5. The number of esters is 3. The summed E-state index contributed by atoms with van der Waals surface area (Å²) in [7, 11) is 0. The van der Waals surface area contributed by atoms with Crippen LogP contribution in [0.5, 0.6) is 0 Å². The molecule has 2 bridgehead atoms. The molecule has 3 aliphatic heterocycles. The average Bonchev–Trinajstić information content (AvgIpc) is 3.39. The number of amides is 1. The van der Waals surface area contributed by atoms with E-state index < -0.39 is 101 Å². The third-order valence-electron chi connectivity index (χ3n) is 12.4. The number of ketones is 1. The number of hydrogen-bond acceptors (Lipinski definition) is 13. The minimum absolute atomic E-state index is 0.114. The number of aliphatic hydroxyl groups excluding tert-OH is 2. The molecule has 58 heavy (non-hydrogen) atoms. The number of rotatable bonds is 10. The van der Waals surface area contributed by atoms with Gasteiger partial charge in [0.1, 0.15) is 18.8 Å². The Kier molecular flexibility index (Phi) is 10.7. The van der Waals surface area contributed by atoms with E-state index in [1.165, 1.54) is 26.0 Å². The predicted octanol–water partition coefficient (Wildman–Crippen LogP) is 3.39. The Morgan fingerprint density at radius 2 is 1.48 bits per heavy atom. The maximum absolute atomic E-state index is 15.1. The molecular weight excluding hydrogens is 750 g/mol. The van der Waals surface area contributed by atoms with E-state index in [0.717, 1.165) is 0 Å². The second-order valence-electron chi connectivity index (χ2n) is 16.2. The summed E-state index contributed by atoms with van der Waals surface area (Å²) >= 11 is 0. The number of nitrogens with one attached hydrogen (secondary N) is 1. The van der Waals surface area contributed by atoms with Crippen molar-refractivity contribution < 1.29 is 63.0 Å². The van der Waals surface area contributed by atoms with Gasteiger partial charge in [-0.2, -0.15) is 0 Å². The smallest absolute Gasteiger partial charge is 0.338 e. The molecule has 0 aromatic heterocycles. The summed E-state index contributed by atoms with van der Waals surface area (Å²) in [5.41, 5.74) is -3.67. The summed E-state index contributed by atoms with van der Waals surface area (Å²) < 4.78 is 30.0. The van der Waals surface area contributed by atoms with Crippen molar-refractivity contribution >= 4 is 29.6 Å². The van der Waals surface area contributed by atoms with Crippen molar-refractivity contribution in [2.45, 2.75) is 89.0 Å². The van der Waals surface area contributed by atoms with E-state index in [1.54, 1.807) is 99.6 Å². The molecule has 0 spiro atoms. The first kappa shape index (κ1) is 40.9. The van der Waals surface area contributed by atoms with Crippen LogP contribution in [0.2, 0.25) is 0 Å². The molecule has 14 heteroatoms. The zero-order valence-electron chi connectivity index (χ0n) is 32.7. The van der Waals surface area contributed by atoms with Gasteiger partial charge in [-0.15, -0.1) is 0 Å². The van der Waals surface area contributed by atoms with Gasteiger partial charge in [0.15, 0.2) is 23.6 Å². The van der Waals surface area contributed by atoms with E-state index in [4.69, 9.17) is 23.7 Å². The molecule has 1 saturated carbocycles. The van der Waals surface area contributed by atoms with Gasteiger partial charge in [-0.05, 0) is 54.8 Å². The van der Waals surface area contributed by atoms with Gasteiger partial charge < -0.3 is 44.3 Å². The fraction of sp³-hybridized carbons (Fsp3) is 0.432. The van der Waals surface area contributed by atoms with Crippen LogP contribution in [0.4, 0.5) is 0 Å². The normalized spacial score (nSPS) is 32.5. The number of carbonyl (C=O) groups excluding carboxylic acids is 5. The van der Waals surface area contributed by atoms with Crippen molar-refractivity contribution in [2.24, 2.45) is 16.7 Å². The molecule has 0 radical (unpaired) electrons. The molecule has 3 saturated heterocycles. The van der Waals surface area contributed by atoms with E-state index in [2.05, 4.69) is 5.32 Å². The maximum Gasteiger partial charge on any atom is 0.338 e. The molecule has 7 rings (SSSR count). The molecule has 1 aliphatic carbocycles. The van der Waals surface area contributed by atoms with Gasteiger partial charge in [-0.3, -0.25) is 14.4 Å². The summed E-state index contributed by atoms with van der Waals surface area (Å²) in [6.07, 6.45) is -7.59. The van der Waals surface area contributed by atoms with Crippen LogP contribution in [-0.4, -0.2) is 100 Å². The fourth-order valence-electron chi connectivity index (χ4n) is 9.38. The number of fused-ring (bicyclic) bond motifs is 5. The maximum atomic E-state index is 15.1. The van der Waals surface area contributed by atoms with Crippen LogP contribution in [0.1, 0.15) is 73.4 Å². The zero-order chi connectivity index (χ0) is 41.8. The minimum Gasteiger partial charge on any atom is -0.459 e. The van der Waals surface area contributed by atoms with Crippen molar-refractivity contribution in [3.63, 3.8) is 0 Å². The molecule has 1 amide bonds. The van der Waals surface area contributed by atoms with Gasteiger partial charge in [-0.1, -0.05) is 80.6 Å². The molecule has 10 atom stereocenters. The van der Waals surface area contributed by atoms with E-state index in [9.17, 15) is 34.5 Å². The largest absolute Gasteiger partial charge is 0.459 e. The molecule has 0 unspecified atom stereocenters. The lowest BCUT2D eigenvalue weighted by atomic mass is 9.49. The third kappa shape index (κ3) is 6.52. The van der Waals surface area contributed by atoms with Crippen LogP contribution in [0.25, 0.3) is 0 Å². The van der Waals surface area contributed by atoms with Crippen LogP contribution in [0.15, 0.2) is 102 Å². The average molecular weight is 798 g/mol. The fourth-order valence-corrected chi connectivity index (χ4v) is 9.38. The summed E-state index contributed by atoms with van der Waals surface area (Å²) in [4.78, 5) is 68.5. The SMILES string of the molecule is CC(=O)O[C@@]12CO[C@@H]1C[C@H](O)[C@@]1(C)C(=O)[C@@H]3O[C@](O)([C@@H](OC(=O)c4ccccc4)[C@H]21)C(C)(C)/C3=C(\C)COC(=O)[C@H](O)[C@@H](NC(=O)c1ccccc1)c1ccccc1. The molecule has 3 aromatic carbocycles. The van der Waals surface area contributed by atoms with E-state index in [0.29, 0.717) is 11.1 Å². The quantitative estimate of drug-likeness (QED) is 0.132. The molecular formula is C44H47NO13. The summed E-state index contributed by atoms with van der Waals surface area (Å²) in [5, 5.41) is 38.9. The Bertz CT molecular complexity index is 2120. The lowest BCUT2D eigenvalue weighted by Crippen LogP contribution is -2.79. The minimum atomic E-state index is -2.50. The van der Waals surface area contributed by atoms with Crippen LogP contribution in [0.3, 0.4) is 0 Å². The summed E-state index contributed by atoms with van der Waals surface area (Å²) in [5.74, 6) is -7.73. The Hall–Kier alpha value is -5.25. The topological polar surface area (TPSA) is 204 Å². The second kappa shape index (κ2) is 15.2. The van der Waals surface area contributed by atoms with Crippen molar-refractivity contribution in [1.29, 1.82) is 0 Å². The number of Topliss-reactive ketones (excluding diaryl/α,β-unsaturated/α-hetero) is 1. The van der Waals surface area contributed by atoms with Crippen LogP contribution >= 0.6 is 0 Å². The monoisotopic (exact) mass is 797 g/mol. The van der Waals surface area contributed by atoms with Gasteiger partial charge in [0.05, 0.1) is 35.6 Å². The highest BCUT2D eigenvalue weighted by molar-refractivity contribution is 5.96. The molecule has 4 N–H and O–H groups in total. The highest BCUT2D eigenvalue weighted by Gasteiger charge is 2.80. The predicted molar refractivity (Wildman–Crippen MR) is 203 cm³/mol. The molecule has 4 aliphatic rings. The van der Waals surface area contributed by atoms with E-state index in [1.807, 2.05) is 0 Å². The zero-order valence-corrected chi connectivity index (χ0v) is 32.7. The summed E-state index contributed by atoms with van der Waals surface area (Å²) in [6, 6.07) is 23.5. The second-order valence-corrected chi connectivity index (χ2v) is 16.2. The van der Waals surface area contributed by atoms with Crippen molar-refractivity contribution in [3.8, 4) is 0 Å².